The summed E-state index contributed by atoms with van der Waals surface area (Å²) in [6, 6.07) is 12.0. The number of nitro groups is 1. The molecule has 0 bridgehead atoms. The number of methoxy groups -OCH3 is 2. The SMILES string of the molecule is COc1ccc(OC)c(C(C)CC(=S)c2ccc([N+](=O)[O-])cc2)c1. The Morgan fingerprint density at radius 3 is 2.38 bits per heavy atom. The molecule has 0 aliphatic carbocycles. The summed E-state index contributed by atoms with van der Waals surface area (Å²) < 4.78 is 10.7. The predicted molar refractivity (Wildman–Crippen MR) is 97.4 cm³/mol. The molecule has 0 aromatic heterocycles. The van der Waals surface area contributed by atoms with E-state index in [1.807, 2.05) is 18.2 Å². The third kappa shape index (κ3) is 4.08. The number of hydrogen-bond donors (Lipinski definition) is 0. The summed E-state index contributed by atoms with van der Waals surface area (Å²) in [5, 5.41) is 10.7. The van der Waals surface area contributed by atoms with Gasteiger partial charge in [-0.2, -0.15) is 0 Å². The molecule has 2 aromatic rings. The summed E-state index contributed by atoms with van der Waals surface area (Å²) in [5.74, 6) is 1.67. The Morgan fingerprint density at radius 2 is 1.83 bits per heavy atom. The molecule has 6 heteroatoms. The lowest BCUT2D eigenvalue weighted by atomic mass is 9.93. The summed E-state index contributed by atoms with van der Waals surface area (Å²) in [5.41, 5.74) is 1.90. The van der Waals surface area contributed by atoms with Gasteiger partial charge in [-0.05, 0) is 48.2 Å². The molecule has 0 aliphatic heterocycles. The Morgan fingerprint density at radius 1 is 1.17 bits per heavy atom. The van der Waals surface area contributed by atoms with Crippen molar-refractivity contribution in [3.63, 3.8) is 0 Å². The molecule has 0 saturated heterocycles. The molecule has 0 amide bonds. The van der Waals surface area contributed by atoms with Crippen LogP contribution in [0.4, 0.5) is 5.69 Å². The van der Waals surface area contributed by atoms with E-state index in [9.17, 15) is 10.1 Å². The van der Waals surface area contributed by atoms with Gasteiger partial charge in [0.1, 0.15) is 11.5 Å². The number of rotatable bonds is 7. The Hall–Kier alpha value is -2.47. The minimum atomic E-state index is -0.420. The van der Waals surface area contributed by atoms with Crippen molar-refractivity contribution < 1.29 is 14.4 Å². The molecule has 1 atom stereocenters. The molecule has 0 N–H and O–H groups in total. The molecule has 2 aromatic carbocycles. The van der Waals surface area contributed by atoms with Gasteiger partial charge in [-0.25, -0.2) is 0 Å². The number of ether oxygens (including phenoxy) is 2. The van der Waals surface area contributed by atoms with Crippen molar-refractivity contribution in [3.05, 3.63) is 63.7 Å². The fourth-order valence-corrected chi connectivity index (χ4v) is 2.89. The Balaban J connectivity index is 2.18. The van der Waals surface area contributed by atoms with E-state index in [0.717, 1.165) is 27.5 Å². The minimum absolute atomic E-state index is 0.0593. The summed E-state index contributed by atoms with van der Waals surface area (Å²) in [7, 11) is 3.25. The molecule has 126 valence electrons. The molecule has 24 heavy (non-hydrogen) atoms. The molecular weight excluding hydrogens is 326 g/mol. The Labute approximate surface area is 146 Å². The second-order valence-electron chi connectivity index (χ2n) is 5.44. The van der Waals surface area contributed by atoms with Crippen molar-refractivity contribution in [2.75, 3.05) is 14.2 Å². The maximum Gasteiger partial charge on any atom is 0.269 e. The van der Waals surface area contributed by atoms with Crippen molar-refractivity contribution in [2.24, 2.45) is 0 Å². The van der Waals surface area contributed by atoms with E-state index in [-0.39, 0.29) is 11.6 Å². The van der Waals surface area contributed by atoms with Gasteiger partial charge in [0.15, 0.2) is 0 Å². The fraction of sp³-hybridized carbons (Fsp3) is 0.278. The van der Waals surface area contributed by atoms with Crippen LogP contribution < -0.4 is 9.47 Å². The van der Waals surface area contributed by atoms with E-state index in [0.29, 0.717) is 6.42 Å². The van der Waals surface area contributed by atoms with Crippen molar-refractivity contribution in [2.45, 2.75) is 19.3 Å². The fourth-order valence-electron chi connectivity index (χ4n) is 2.50. The molecule has 0 radical (unpaired) electrons. The molecule has 0 spiro atoms. The van der Waals surface area contributed by atoms with E-state index in [4.69, 9.17) is 21.7 Å². The van der Waals surface area contributed by atoms with E-state index in [1.165, 1.54) is 12.1 Å². The number of hydrogen-bond acceptors (Lipinski definition) is 5. The van der Waals surface area contributed by atoms with E-state index in [1.54, 1.807) is 26.4 Å². The van der Waals surface area contributed by atoms with Crippen molar-refractivity contribution in [1.82, 2.24) is 0 Å². The van der Waals surface area contributed by atoms with Crippen LogP contribution in [0.5, 0.6) is 11.5 Å². The monoisotopic (exact) mass is 345 g/mol. The second kappa shape index (κ2) is 7.88. The third-order valence-electron chi connectivity index (χ3n) is 3.86. The largest absolute Gasteiger partial charge is 0.497 e. The lowest BCUT2D eigenvalue weighted by molar-refractivity contribution is -0.384. The minimum Gasteiger partial charge on any atom is -0.497 e. The van der Waals surface area contributed by atoms with Gasteiger partial charge in [-0.1, -0.05) is 19.1 Å². The van der Waals surface area contributed by atoms with E-state index < -0.39 is 4.92 Å². The normalized spacial score (nSPS) is 11.6. The first-order chi connectivity index (χ1) is 11.5. The second-order valence-corrected chi connectivity index (χ2v) is 5.93. The number of non-ortho nitro benzene ring substituents is 1. The molecule has 5 nitrogen and oxygen atoms in total. The van der Waals surface area contributed by atoms with Crippen LogP contribution in [-0.2, 0) is 0 Å². The Kier molecular flexibility index (Phi) is 5.87. The molecule has 0 fully saturated rings. The summed E-state index contributed by atoms with van der Waals surface area (Å²) in [6.07, 6.45) is 0.636. The number of benzene rings is 2. The molecular formula is C18H19NO4S. The molecule has 0 aliphatic rings. The topological polar surface area (TPSA) is 61.6 Å². The molecule has 2 rings (SSSR count). The van der Waals surface area contributed by atoms with Gasteiger partial charge < -0.3 is 9.47 Å². The number of nitrogens with zero attached hydrogens (tertiary/aromatic N) is 1. The van der Waals surface area contributed by atoms with Crippen LogP contribution in [0.2, 0.25) is 0 Å². The van der Waals surface area contributed by atoms with E-state index >= 15 is 0 Å². The number of thiocarbonyl (C=S) groups is 1. The zero-order chi connectivity index (χ0) is 17.7. The van der Waals surface area contributed by atoms with Gasteiger partial charge >= 0.3 is 0 Å². The van der Waals surface area contributed by atoms with E-state index in [2.05, 4.69) is 6.92 Å². The molecule has 0 saturated carbocycles. The lowest BCUT2D eigenvalue weighted by Gasteiger charge is -2.17. The van der Waals surface area contributed by atoms with Crippen LogP contribution >= 0.6 is 12.2 Å². The Bertz CT molecular complexity index is 743. The molecule has 1 unspecified atom stereocenters. The van der Waals surface area contributed by atoms with Crippen LogP contribution in [0.1, 0.15) is 30.4 Å². The standard InChI is InChI=1S/C18H19NO4S/c1-12(16-11-15(22-2)8-9-17(16)23-3)10-18(24)13-4-6-14(7-5-13)19(20)21/h4-9,11-12H,10H2,1-3H3. The quantitative estimate of drug-likeness (QED) is 0.319. The van der Waals surface area contributed by atoms with Gasteiger partial charge in [-0.3, -0.25) is 10.1 Å². The zero-order valence-electron chi connectivity index (χ0n) is 13.8. The highest BCUT2D eigenvalue weighted by Gasteiger charge is 2.16. The maximum atomic E-state index is 10.7. The van der Waals surface area contributed by atoms with Crippen LogP contribution in [0.15, 0.2) is 42.5 Å². The highest BCUT2D eigenvalue weighted by atomic mass is 32.1. The van der Waals surface area contributed by atoms with Crippen molar-refractivity contribution in [3.8, 4) is 11.5 Å². The average molecular weight is 345 g/mol. The smallest absolute Gasteiger partial charge is 0.269 e. The van der Waals surface area contributed by atoms with Gasteiger partial charge in [0, 0.05) is 22.6 Å². The first-order valence-corrected chi connectivity index (χ1v) is 7.86. The van der Waals surface area contributed by atoms with Crippen LogP contribution in [-0.4, -0.2) is 24.0 Å². The van der Waals surface area contributed by atoms with Crippen molar-refractivity contribution in [1.29, 1.82) is 0 Å². The van der Waals surface area contributed by atoms with Gasteiger partial charge in [0.05, 0.1) is 19.1 Å². The summed E-state index contributed by atoms with van der Waals surface area (Å²) in [4.78, 5) is 11.1. The van der Waals surface area contributed by atoms with Crippen LogP contribution in [0, 0.1) is 10.1 Å². The first-order valence-electron chi connectivity index (χ1n) is 7.45. The first kappa shape index (κ1) is 17.9. The summed E-state index contributed by atoms with van der Waals surface area (Å²) >= 11 is 5.50. The van der Waals surface area contributed by atoms with Gasteiger partial charge in [0.2, 0.25) is 0 Å². The van der Waals surface area contributed by atoms with Crippen LogP contribution in [0.25, 0.3) is 0 Å². The van der Waals surface area contributed by atoms with Crippen molar-refractivity contribution >= 4 is 22.8 Å². The predicted octanol–water partition coefficient (Wildman–Crippen LogP) is 4.52. The summed E-state index contributed by atoms with van der Waals surface area (Å²) in [6.45, 7) is 2.06. The maximum absolute atomic E-state index is 10.7. The average Bonchev–Trinajstić information content (AvgIpc) is 2.60. The number of nitro benzene ring substituents is 1. The van der Waals surface area contributed by atoms with Gasteiger partial charge in [0.25, 0.3) is 5.69 Å². The van der Waals surface area contributed by atoms with Crippen LogP contribution in [0.3, 0.4) is 0 Å². The highest BCUT2D eigenvalue weighted by Crippen LogP contribution is 2.33. The zero-order valence-corrected chi connectivity index (χ0v) is 14.6. The molecule has 0 heterocycles. The highest BCUT2D eigenvalue weighted by molar-refractivity contribution is 7.80. The van der Waals surface area contributed by atoms with Gasteiger partial charge in [-0.15, -0.1) is 0 Å². The third-order valence-corrected chi connectivity index (χ3v) is 4.26. The lowest BCUT2D eigenvalue weighted by Crippen LogP contribution is -2.06.